The smallest absolute Gasteiger partial charge is 0.358 e. The van der Waals surface area contributed by atoms with Gasteiger partial charge in [0.05, 0.1) is 5.69 Å². The summed E-state index contributed by atoms with van der Waals surface area (Å²) in [4.78, 5) is 32.1. The van der Waals surface area contributed by atoms with Crippen LogP contribution in [0.4, 0.5) is 5.69 Å². The maximum absolute atomic E-state index is 12.1. The van der Waals surface area contributed by atoms with Gasteiger partial charge in [0.25, 0.3) is 5.91 Å². The van der Waals surface area contributed by atoms with Crippen LogP contribution in [0.2, 0.25) is 5.15 Å². The number of esters is 1. The predicted molar refractivity (Wildman–Crippen MR) is 100 cm³/mol. The quantitative estimate of drug-likeness (QED) is 0.529. The molecule has 26 heavy (non-hydrogen) atoms. The molecule has 3 aromatic rings. The Morgan fingerprint density at radius 2 is 2.00 bits per heavy atom. The minimum atomic E-state index is -0.660. The molecule has 0 saturated carbocycles. The lowest BCUT2D eigenvalue weighted by Crippen LogP contribution is -2.21. The number of nitrogens with zero attached hydrogens (tertiary/aromatic N) is 2. The van der Waals surface area contributed by atoms with Crippen molar-refractivity contribution in [2.24, 2.45) is 0 Å². The molecule has 132 valence electrons. The van der Waals surface area contributed by atoms with Gasteiger partial charge in [-0.2, -0.15) is 0 Å². The number of anilines is 1. The summed E-state index contributed by atoms with van der Waals surface area (Å²) in [5.74, 6) is -1.17. The topological polar surface area (TPSA) is 81.2 Å². The third-order valence-corrected chi connectivity index (χ3v) is 4.57. The van der Waals surface area contributed by atoms with Crippen molar-refractivity contribution in [1.82, 2.24) is 9.97 Å². The Morgan fingerprint density at radius 1 is 1.23 bits per heavy atom. The maximum atomic E-state index is 12.1. The Morgan fingerprint density at radius 3 is 2.73 bits per heavy atom. The molecule has 6 nitrogen and oxygen atoms in total. The zero-order chi connectivity index (χ0) is 18.5. The standard InChI is InChI=1S/C18H14ClN3O3S/c1-11-4-6-12(7-5-11)17-22-14(10-26-17)18(24)25-9-15(23)21-13-3-2-8-20-16(13)19/h2-8,10H,9H2,1H3,(H,21,23). The Bertz CT molecular complexity index is 941. The van der Waals surface area contributed by atoms with E-state index in [1.54, 1.807) is 17.5 Å². The second-order valence-corrected chi connectivity index (χ2v) is 6.59. The summed E-state index contributed by atoms with van der Waals surface area (Å²) in [5.41, 5.74) is 2.58. The summed E-state index contributed by atoms with van der Waals surface area (Å²) in [6.45, 7) is 1.56. The van der Waals surface area contributed by atoms with E-state index in [-0.39, 0.29) is 10.8 Å². The highest BCUT2D eigenvalue weighted by Gasteiger charge is 2.15. The summed E-state index contributed by atoms with van der Waals surface area (Å²) in [5, 5.41) is 5.00. The van der Waals surface area contributed by atoms with E-state index in [1.807, 2.05) is 31.2 Å². The monoisotopic (exact) mass is 387 g/mol. The first-order valence-electron chi connectivity index (χ1n) is 7.63. The van der Waals surface area contributed by atoms with E-state index < -0.39 is 18.5 Å². The van der Waals surface area contributed by atoms with Gasteiger partial charge >= 0.3 is 5.97 Å². The average molecular weight is 388 g/mol. The lowest BCUT2D eigenvalue weighted by atomic mass is 10.2. The van der Waals surface area contributed by atoms with Crippen LogP contribution in [-0.4, -0.2) is 28.5 Å². The lowest BCUT2D eigenvalue weighted by Gasteiger charge is -2.06. The molecule has 1 N–H and O–H groups in total. The molecule has 1 amide bonds. The van der Waals surface area contributed by atoms with Crippen LogP contribution in [0.25, 0.3) is 10.6 Å². The molecular weight excluding hydrogens is 374 g/mol. The van der Waals surface area contributed by atoms with Crippen LogP contribution in [0.3, 0.4) is 0 Å². The number of benzene rings is 1. The van der Waals surface area contributed by atoms with Crippen molar-refractivity contribution in [2.75, 3.05) is 11.9 Å². The van der Waals surface area contributed by atoms with Crippen molar-refractivity contribution in [1.29, 1.82) is 0 Å². The molecule has 8 heteroatoms. The molecule has 0 aliphatic rings. The fourth-order valence-electron chi connectivity index (χ4n) is 2.07. The van der Waals surface area contributed by atoms with Crippen molar-refractivity contribution >= 4 is 40.5 Å². The van der Waals surface area contributed by atoms with Crippen LogP contribution in [0.5, 0.6) is 0 Å². The molecular formula is C18H14ClN3O3S. The Kier molecular flexibility index (Phi) is 5.60. The number of rotatable bonds is 5. The van der Waals surface area contributed by atoms with Crippen LogP contribution in [-0.2, 0) is 9.53 Å². The number of nitrogens with one attached hydrogen (secondary N) is 1. The minimum Gasteiger partial charge on any atom is -0.451 e. The van der Waals surface area contributed by atoms with Crippen molar-refractivity contribution < 1.29 is 14.3 Å². The second-order valence-electron chi connectivity index (χ2n) is 5.37. The van der Waals surface area contributed by atoms with Gasteiger partial charge in [0.2, 0.25) is 0 Å². The molecule has 0 spiro atoms. The lowest BCUT2D eigenvalue weighted by molar-refractivity contribution is -0.119. The van der Waals surface area contributed by atoms with E-state index in [9.17, 15) is 9.59 Å². The van der Waals surface area contributed by atoms with Gasteiger partial charge in [-0.1, -0.05) is 41.4 Å². The van der Waals surface area contributed by atoms with E-state index in [0.717, 1.165) is 11.1 Å². The number of carbonyl (C=O) groups is 2. The predicted octanol–water partition coefficient (Wildman–Crippen LogP) is 3.96. The largest absolute Gasteiger partial charge is 0.451 e. The van der Waals surface area contributed by atoms with E-state index in [1.165, 1.54) is 17.5 Å². The maximum Gasteiger partial charge on any atom is 0.358 e. The van der Waals surface area contributed by atoms with Gasteiger partial charge in [0.15, 0.2) is 17.5 Å². The Balaban J connectivity index is 1.58. The Hall–Kier alpha value is -2.77. The third kappa shape index (κ3) is 4.44. The molecule has 0 bridgehead atoms. The summed E-state index contributed by atoms with van der Waals surface area (Å²) in [7, 11) is 0. The molecule has 1 aromatic carbocycles. The van der Waals surface area contributed by atoms with Gasteiger partial charge in [0, 0.05) is 17.1 Å². The van der Waals surface area contributed by atoms with Gasteiger partial charge < -0.3 is 10.1 Å². The fourth-order valence-corrected chi connectivity index (χ4v) is 3.03. The molecule has 0 aliphatic heterocycles. The molecule has 0 atom stereocenters. The number of thiazole rings is 1. The van der Waals surface area contributed by atoms with Crippen LogP contribution in [0.1, 0.15) is 16.1 Å². The minimum absolute atomic E-state index is 0.161. The van der Waals surface area contributed by atoms with Crippen molar-refractivity contribution in [2.45, 2.75) is 6.92 Å². The number of hydrogen-bond donors (Lipinski definition) is 1. The number of carbonyl (C=O) groups excluding carboxylic acids is 2. The fraction of sp³-hybridized carbons (Fsp3) is 0.111. The average Bonchev–Trinajstić information content (AvgIpc) is 3.12. The van der Waals surface area contributed by atoms with Gasteiger partial charge in [-0.25, -0.2) is 14.8 Å². The Labute approximate surface area is 158 Å². The zero-order valence-electron chi connectivity index (χ0n) is 13.7. The van der Waals surface area contributed by atoms with E-state index in [4.69, 9.17) is 16.3 Å². The highest BCUT2D eigenvalue weighted by atomic mass is 35.5. The number of aryl methyl sites for hydroxylation is 1. The van der Waals surface area contributed by atoms with Crippen molar-refractivity contribution in [3.63, 3.8) is 0 Å². The van der Waals surface area contributed by atoms with E-state index in [0.29, 0.717) is 10.7 Å². The van der Waals surface area contributed by atoms with Gasteiger partial charge in [-0.15, -0.1) is 11.3 Å². The van der Waals surface area contributed by atoms with Gasteiger partial charge in [-0.05, 0) is 19.1 Å². The van der Waals surface area contributed by atoms with Gasteiger partial charge in [-0.3, -0.25) is 4.79 Å². The zero-order valence-corrected chi connectivity index (χ0v) is 15.3. The molecule has 0 aliphatic carbocycles. The molecule has 0 fully saturated rings. The highest BCUT2D eigenvalue weighted by molar-refractivity contribution is 7.13. The second kappa shape index (κ2) is 8.07. The summed E-state index contributed by atoms with van der Waals surface area (Å²) >= 11 is 7.19. The first-order chi connectivity index (χ1) is 12.5. The first kappa shape index (κ1) is 18.0. The van der Waals surface area contributed by atoms with Crippen molar-refractivity contribution in [3.8, 4) is 10.6 Å². The van der Waals surface area contributed by atoms with E-state index in [2.05, 4.69) is 15.3 Å². The number of ether oxygens (including phenoxy) is 1. The number of aromatic nitrogens is 2. The summed E-state index contributed by atoms with van der Waals surface area (Å²) in [6, 6.07) is 11.1. The molecule has 0 radical (unpaired) electrons. The number of amides is 1. The number of halogens is 1. The number of pyridine rings is 1. The first-order valence-corrected chi connectivity index (χ1v) is 8.89. The van der Waals surface area contributed by atoms with Crippen LogP contribution >= 0.6 is 22.9 Å². The third-order valence-electron chi connectivity index (χ3n) is 3.38. The molecule has 0 unspecified atom stereocenters. The van der Waals surface area contributed by atoms with E-state index >= 15 is 0 Å². The molecule has 3 rings (SSSR count). The van der Waals surface area contributed by atoms with Crippen LogP contribution < -0.4 is 5.32 Å². The molecule has 2 heterocycles. The van der Waals surface area contributed by atoms with Crippen LogP contribution in [0.15, 0.2) is 48.0 Å². The van der Waals surface area contributed by atoms with Gasteiger partial charge in [0.1, 0.15) is 5.01 Å². The molecule has 0 saturated heterocycles. The molecule has 2 aromatic heterocycles. The summed E-state index contributed by atoms with van der Waals surface area (Å²) < 4.78 is 5.00. The van der Waals surface area contributed by atoms with Crippen molar-refractivity contribution in [3.05, 3.63) is 64.4 Å². The SMILES string of the molecule is Cc1ccc(-c2nc(C(=O)OCC(=O)Nc3cccnc3Cl)cs2)cc1. The summed E-state index contributed by atoms with van der Waals surface area (Å²) in [6.07, 6.45) is 1.51. The highest BCUT2D eigenvalue weighted by Crippen LogP contribution is 2.24. The van der Waals surface area contributed by atoms with Crippen LogP contribution in [0, 0.1) is 6.92 Å². The number of hydrogen-bond acceptors (Lipinski definition) is 6. The normalized spacial score (nSPS) is 10.4.